The molecule has 0 saturated heterocycles. The third-order valence-corrected chi connectivity index (χ3v) is 3.48. The maximum absolute atomic E-state index is 13.9. The van der Waals surface area contributed by atoms with Crippen molar-refractivity contribution in [1.82, 2.24) is 14.8 Å². The summed E-state index contributed by atoms with van der Waals surface area (Å²) in [6, 6.07) is 5.83. The molecule has 1 aromatic heterocycles. The van der Waals surface area contributed by atoms with E-state index in [4.69, 9.17) is 0 Å². The number of aromatic nitrogens is 3. The first-order chi connectivity index (χ1) is 12.5. The van der Waals surface area contributed by atoms with E-state index < -0.39 is 52.5 Å². The number of rotatable bonds is 2. The Morgan fingerprint density at radius 1 is 0.741 bits per heavy atom. The number of para-hydroxylation sites is 1. The highest BCUT2D eigenvalue weighted by Crippen LogP contribution is 2.37. The number of alkyl halides is 6. The molecule has 0 N–H and O–H groups in total. The quantitative estimate of drug-likeness (QED) is 0.557. The van der Waals surface area contributed by atoms with Gasteiger partial charge in [-0.1, -0.05) is 18.2 Å². The molecule has 0 aliphatic rings. The van der Waals surface area contributed by atoms with Crippen LogP contribution < -0.4 is 0 Å². The van der Waals surface area contributed by atoms with Crippen molar-refractivity contribution < 1.29 is 35.1 Å². The molecular weight excluding hydrogens is 386 g/mol. The lowest BCUT2D eigenvalue weighted by Crippen LogP contribution is -2.18. The van der Waals surface area contributed by atoms with Crippen LogP contribution in [0.1, 0.15) is 11.4 Å². The highest BCUT2D eigenvalue weighted by molar-refractivity contribution is 5.57. The first-order valence-corrected chi connectivity index (χ1v) is 7.15. The molecule has 0 aliphatic heterocycles. The van der Waals surface area contributed by atoms with E-state index in [1.54, 1.807) is 0 Å². The molecule has 1 heterocycles. The normalized spacial score (nSPS) is 12.4. The van der Waals surface area contributed by atoms with Crippen LogP contribution in [-0.2, 0) is 12.4 Å². The van der Waals surface area contributed by atoms with Gasteiger partial charge in [-0.15, -0.1) is 5.10 Å². The van der Waals surface area contributed by atoms with Crippen LogP contribution in [0, 0.1) is 11.6 Å². The summed E-state index contributed by atoms with van der Waals surface area (Å²) in [7, 11) is 0. The zero-order valence-electron chi connectivity index (χ0n) is 12.9. The van der Waals surface area contributed by atoms with Crippen molar-refractivity contribution in [3.05, 3.63) is 65.5 Å². The number of benzene rings is 2. The summed E-state index contributed by atoms with van der Waals surface area (Å²) in [4.78, 5) is 3.05. The lowest BCUT2D eigenvalue weighted by Gasteiger charge is -2.14. The van der Waals surface area contributed by atoms with E-state index in [0.717, 1.165) is 36.4 Å². The van der Waals surface area contributed by atoms with Gasteiger partial charge in [-0.05, 0) is 24.3 Å². The molecule has 142 valence electrons. The minimum absolute atomic E-state index is 0.121. The summed E-state index contributed by atoms with van der Waals surface area (Å²) >= 11 is 0. The molecule has 0 spiro atoms. The molecule has 0 saturated carbocycles. The number of hydrogen-bond acceptors (Lipinski definition) is 2. The van der Waals surface area contributed by atoms with Crippen LogP contribution in [0.4, 0.5) is 35.1 Å². The van der Waals surface area contributed by atoms with Crippen molar-refractivity contribution in [2.24, 2.45) is 0 Å². The number of halogens is 8. The molecule has 27 heavy (non-hydrogen) atoms. The monoisotopic (exact) mass is 393 g/mol. The molecule has 3 rings (SSSR count). The topological polar surface area (TPSA) is 30.7 Å². The van der Waals surface area contributed by atoms with Gasteiger partial charge in [-0.2, -0.15) is 26.3 Å². The van der Waals surface area contributed by atoms with Crippen molar-refractivity contribution in [3.8, 4) is 17.1 Å². The highest BCUT2D eigenvalue weighted by atomic mass is 19.4. The van der Waals surface area contributed by atoms with Crippen molar-refractivity contribution in [2.45, 2.75) is 12.4 Å². The molecule has 0 atom stereocenters. The Morgan fingerprint density at radius 2 is 1.33 bits per heavy atom. The zero-order chi connectivity index (χ0) is 20.0. The van der Waals surface area contributed by atoms with E-state index in [2.05, 4.69) is 10.1 Å². The molecule has 0 radical (unpaired) electrons. The minimum Gasteiger partial charge on any atom is -0.208 e. The number of hydrogen-bond donors (Lipinski definition) is 0. The average Bonchev–Trinajstić information content (AvgIpc) is 2.99. The Balaban J connectivity index is 2.31. The Bertz CT molecular complexity index is 968. The molecule has 0 bridgehead atoms. The van der Waals surface area contributed by atoms with Crippen LogP contribution in [0.5, 0.6) is 0 Å². The van der Waals surface area contributed by atoms with Crippen molar-refractivity contribution in [2.75, 3.05) is 0 Å². The first kappa shape index (κ1) is 18.8. The van der Waals surface area contributed by atoms with Gasteiger partial charge in [0.1, 0.15) is 11.6 Å². The van der Waals surface area contributed by atoms with E-state index in [9.17, 15) is 35.1 Å². The van der Waals surface area contributed by atoms with Crippen LogP contribution in [-0.4, -0.2) is 14.8 Å². The van der Waals surface area contributed by atoms with Crippen molar-refractivity contribution in [1.29, 1.82) is 0 Å². The summed E-state index contributed by atoms with van der Waals surface area (Å²) in [6.45, 7) is 0. The summed E-state index contributed by atoms with van der Waals surface area (Å²) in [6.07, 6.45) is -10.2. The Kier molecular flexibility index (Phi) is 4.40. The van der Waals surface area contributed by atoms with E-state index in [0.29, 0.717) is 6.07 Å². The van der Waals surface area contributed by atoms with Crippen molar-refractivity contribution in [3.63, 3.8) is 0 Å². The van der Waals surface area contributed by atoms with E-state index in [1.807, 2.05) is 0 Å². The first-order valence-electron chi connectivity index (χ1n) is 7.15. The lowest BCUT2D eigenvalue weighted by atomic mass is 10.1. The van der Waals surface area contributed by atoms with Gasteiger partial charge in [-0.3, -0.25) is 0 Å². The molecule has 0 amide bonds. The molecule has 2 aromatic carbocycles. The van der Waals surface area contributed by atoms with Gasteiger partial charge in [0.15, 0.2) is 5.82 Å². The fourth-order valence-electron chi connectivity index (χ4n) is 2.38. The van der Waals surface area contributed by atoms with Gasteiger partial charge < -0.3 is 0 Å². The molecule has 0 unspecified atom stereocenters. The van der Waals surface area contributed by atoms with Gasteiger partial charge in [0.2, 0.25) is 5.82 Å². The maximum Gasteiger partial charge on any atom is 0.451 e. The number of nitrogens with zero attached hydrogens (tertiary/aromatic N) is 3. The minimum atomic E-state index is -5.23. The van der Waals surface area contributed by atoms with E-state index in [-0.39, 0.29) is 4.68 Å². The molecule has 3 nitrogen and oxygen atoms in total. The van der Waals surface area contributed by atoms with Crippen LogP contribution in [0.15, 0.2) is 42.5 Å². The van der Waals surface area contributed by atoms with Gasteiger partial charge in [-0.25, -0.2) is 18.4 Å². The molecular formula is C16H7F8N3. The third-order valence-electron chi connectivity index (χ3n) is 3.48. The Hall–Kier alpha value is -2.98. The van der Waals surface area contributed by atoms with Gasteiger partial charge in [0.05, 0.1) is 16.8 Å². The predicted octanol–water partition coefficient (Wildman–Crippen LogP) is 5.25. The smallest absolute Gasteiger partial charge is 0.208 e. The van der Waals surface area contributed by atoms with Crippen LogP contribution >= 0.6 is 0 Å². The Labute approximate surface area is 145 Å². The molecule has 0 fully saturated rings. The summed E-state index contributed by atoms with van der Waals surface area (Å²) < 4.78 is 107. The third kappa shape index (κ3) is 3.49. The summed E-state index contributed by atoms with van der Waals surface area (Å²) in [5, 5.41) is 3.32. The lowest BCUT2D eigenvalue weighted by molar-refractivity contribution is -0.147. The standard InChI is InChI=1S/C16H7F8N3/c17-9-5-3-6-10(18)12(9)13-25-14(16(22,23)24)27(26-13)11-7-2-1-4-8(11)15(19,20)21/h1-7H. The average molecular weight is 393 g/mol. The molecule has 3 aromatic rings. The molecule has 11 heteroatoms. The van der Waals surface area contributed by atoms with Gasteiger partial charge in [0, 0.05) is 0 Å². The Morgan fingerprint density at radius 3 is 1.89 bits per heavy atom. The summed E-state index contributed by atoms with van der Waals surface area (Å²) in [5.74, 6) is -5.40. The highest BCUT2D eigenvalue weighted by Gasteiger charge is 2.42. The van der Waals surface area contributed by atoms with Crippen molar-refractivity contribution >= 4 is 0 Å². The summed E-state index contributed by atoms with van der Waals surface area (Å²) in [5.41, 5.74) is -3.37. The predicted molar refractivity (Wildman–Crippen MR) is 76.7 cm³/mol. The fourth-order valence-corrected chi connectivity index (χ4v) is 2.38. The largest absolute Gasteiger partial charge is 0.451 e. The second-order valence-corrected chi connectivity index (χ2v) is 5.28. The van der Waals surface area contributed by atoms with Crippen LogP contribution in [0.3, 0.4) is 0 Å². The second-order valence-electron chi connectivity index (χ2n) is 5.28. The SMILES string of the molecule is Fc1cccc(F)c1-c1nc(C(F)(F)F)n(-c2ccccc2C(F)(F)F)n1. The van der Waals surface area contributed by atoms with E-state index >= 15 is 0 Å². The van der Waals surface area contributed by atoms with Gasteiger partial charge in [0.25, 0.3) is 0 Å². The van der Waals surface area contributed by atoms with E-state index in [1.165, 1.54) is 0 Å². The maximum atomic E-state index is 13.9. The zero-order valence-corrected chi connectivity index (χ0v) is 12.9. The molecule has 0 aliphatic carbocycles. The van der Waals surface area contributed by atoms with Gasteiger partial charge >= 0.3 is 12.4 Å². The van der Waals surface area contributed by atoms with Crippen LogP contribution in [0.2, 0.25) is 0 Å². The van der Waals surface area contributed by atoms with Crippen LogP contribution in [0.25, 0.3) is 17.1 Å². The second kappa shape index (κ2) is 6.32. The fraction of sp³-hybridized carbons (Fsp3) is 0.125.